The molecule has 0 bridgehead atoms. The van der Waals surface area contributed by atoms with E-state index in [-0.39, 0.29) is 6.61 Å². The lowest BCUT2D eigenvalue weighted by Crippen LogP contribution is -2.03. The second-order valence-electron chi connectivity index (χ2n) is 3.35. The van der Waals surface area contributed by atoms with Gasteiger partial charge in [0.1, 0.15) is 0 Å². The summed E-state index contributed by atoms with van der Waals surface area (Å²) in [6, 6.07) is 0. The number of rotatable bonds is 7. The van der Waals surface area contributed by atoms with Gasteiger partial charge in [0, 0.05) is 13.2 Å². The Balaban J connectivity index is 0. The van der Waals surface area contributed by atoms with Gasteiger partial charge in [-0.1, -0.05) is 26.7 Å². The molecular weight excluding hydrogens is 180 g/mol. The monoisotopic (exact) mass is 206 g/mol. The van der Waals surface area contributed by atoms with E-state index in [1.807, 2.05) is 0 Å². The Bertz CT molecular complexity index is 78.6. The largest absolute Gasteiger partial charge is 0.394 e. The maximum atomic E-state index is 8.11. The summed E-state index contributed by atoms with van der Waals surface area (Å²) in [5.74, 6) is 0. The lowest BCUT2D eigenvalue weighted by Gasteiger charge is -1.99. The minimum atomic E-state index is -0.560. The van der Waals surface area contributed by atoms with Crippen LogP contribution in [0.25, 0.3) is 0 Å². The standard InChI is InChI=1S/C8H18O.C3H8O2/c1-3-5-6-8-9-7-4-2;1-3(5)2-4/h3-8H2,1-2H3;3-5H,2H2,1H3. The van der Waals surface area contributed by atoms with E-state index in [9.17, 15) is 0 Å². The minimum Gasteiger partial charge on any atom is -0.394 e. The average molecular weight is 206 g/mol. The Morgan fingerprint density at radius 3 is 2.00 bits per heavy atom. The van der Waals surface area contributed by atoms with E-state index in [0.29, 0.717) is 0 Å². The Hall–Kier alpha value is -0.120. The zero-order valence-corrected chi connectivity index (χ0v) is 9.83. The van der Waals surface area contributed by atoms with Crippen LogP contribution in [0.2, 0.25) is 0 Å². The van der Waals surface area contributed by atoms with Gasteiger partial charge in [0.15, 0.2) is 0 Å². The van der Waals surface area contributed by atoms with Crippen molar-refractivity contribution in [2.75, 3.05) is 19.8 Å². The van der Waals surface area contributed by atoms with Crippen molar-refractivity contribution in [1.82, 2.24) is 0 Å². The van der Waals surface area contributed by atoms with Crippen LogP contribution in [0.15, 0.2) is 0 Å². The van der Waals surface area contributed by atoms with E-state index in [1.54, 1.807) is 0 Å². The van der Waals surface area contributed by atoms with Gasteiger partial charge < -0.3 is 14.9 Å². The predicted octanol–water partition coefficient (Wildman–Crippen LogP) is 1.96. The van der Waals surface area contributed by atoms with Crippen molar-refractivity contribution in [2.24, 2.45) is 0 Å². The molecule has 3 nitrogen and oxygen atoms in total. The van der Waals surface area contributed by atoms with Crippen molar-refractivity contribution in [3.63, 3.8) is 0 Å². The van der Waals surface area contributed by atoms with E-state index in [4.69, 9.17) is 14.9 Å². The van der Waals surface area contributed by atoms with Crippen LogP contribution in [0.4, 0.5) is 0 Å². The van der Waals surface area contributed by atoms with E-state index < -0.39 is 6.10 Å². The molecule has 0 aromatic rings. The third-order valence-electron chi connectivity index (χ3n) is 1.50. The molecule has 0 amide bonds. The summed E-state index contributed by atoms with van der Waals surface area (Å²) in [7, 11) is 0. The molecule has 0 aliphatic carbocycles. The van der Waals surface area contributed by atoms with Crippen LogP contribution in [-0.2, 0) is 4.74 Å². The van der Waals surface area contributed by atoms with Gasteiger partial charge >= 0.3 is 0 Å². The van der Waals surface area contributed by atoms with Crippen LogP contribution in [0.5, 0.6) is 0 Å². The molecule has 0 heterocycles. The fraction of sp³-hybridized carbons (Fsp3) is 1.00. The molecule has 0 saturated carbocycles. The Kier molecular flexibility index (Phi) is 17.9. The zero-order valence-electron chi connectivity index (χ0n) is 9.83. The summed E-state index contributed by atoms with van der Waals surface area (Å²) in [6.07, 6.45) is 4.41. The molecule has 0 aromatic carbocycles. The Morgan fingerprint density at radius 1 is 1.07 bits per heavy atom. The zero-order chi connectivity index (χ0) is 11.2. The van der Waals surface area contributed by atoms with Gasteiger partial charge in [0.2, 0.25) is 0 Å². The van der Waals surface area contributed by atoms with Gasteiger partial charge in [-0.25, -0.2) is 0 Å². The number of ether oxygens (including phenoxy) is 1. The third-order valence-corrected chi connectivity index (χ3v) is 1.50. The number of hydrogen-bond donors (Lipinski definition) is 2. The lowest BCUT2D eigenvalue weighted by molar-refractivity contribution is 0.110. The number of aliphatic hydroxyl groups is 2. The molecule has 0 rings (SSSR count). The summed E-state index contributed by atoms with van der Waals surface area (Å²) >= 11 is 0. The summed E-state index contributed by atoms with van der Waals surface area (Å²) in [5.41, 5.74) is 0. The number of hydrogen-bond acceptors (Lipinski definition) is 3. The topological polar surface area (TPSA) is 49.7 Å². The highest BCUT2D eigenvalue weighted by molar-refractivity contribution is 4.35. The third kappa shape index (κ3) is 22.6. The molecule has 88 valence electrons. The van der Waals surface area contributed by atoms with Gasteiger partial charge in [-0.2, -0.15) is 0 Å². The Morgan fingerprint density at radius 2 is 1.64 bits per heavy atom. The fourth-order valence-electron chi connectivity index (χ4n) is 0.701. The summed E-state index contributed by atoms with van der Waals surface area (Å²) < 4.78 is 5.28. The van der Waals surface area contributed by atoms with Crippen molar-refractivity contribution in [2.45, 2.75) is 52.6 Å². The number of aliphatic hydroxyl groups excluding tert-OH is 2. The van der Waals surface area contributed by atoms with E-state index >= 15 is 0 Å². The molecular formula is C11H26O3. The molecule has 1 atom stereocenters. The predicted molar refractivity (Wildman–Crippen MR) is 59.4 cm³/mol. The Labute approximate surface area is 88.1 Å². The van der Waals surface area contributed by atoms with Crippen LogP contribution in [0.3, 0.4) is 0 Å². The molecule has 3 heteroatoms. The van der Waals surface area contributed by atoms with Crippen LogP contribution in [0.1, 0.15) is 46.5 Å². The van der Waals surface area contributed by atoms with Crippen molar-refractivity contribution in [3.05, 3.63) is 0 Å². The second-order valence-corrected chi connectivity index (χ2v) is 3.35. The first-order valence-corrected chi connectivity index (χ1v) is 5.55. The molecule has 0 saturated heterocycles. The van der Waals surface area contributed by atoms with E-state index in [0.717, 1.165) is 19.6 Å². The summed E-state index contributed by atoms with van der Waals surface area (Å²) in [5, 5.41) is 16.0. The fourth-order valence-corrected chi connectivity index (χ4v) is 0.701. The van der Waals surface area contributed by atoms with Crippen molar-refractivity contribution in [3.8, 4) is 0 Å². The van der Waals surface area contributed by atoms with E-state index in [2.05, 4.69) is 13.8 Å². The summed E-state index contributed by atoms with van der Waals surface area (Å²) in [4.78, 5) is 0. The highest BCUT2D eigenvalue weighted by atomic mass is 16.5. The minimum absolute atomic E-state index is 0.139. The first-order valence-electron chi connectivity index (χ1n) is 5.55. The van der Waals surface area contributed by atoms with Gasteiger partial charge in [0.25, 0.3) is 0 Å². The van der Waals surface area contributed by atoms with Gasteiger partial charge in [-0.15, -0.1) is 0 Å². The van der Waals surface area contributed by atoms with Gasteiger partial charge in [-0.05, 0) is 19.8 Å². The molecule has 0 aliphatic rings. The maximum Gasteiger partial charge on any atom is 0.0742 e. The number of unbranched alkanes of at least 4 members (excludes halogenated alkanes) is 2. The van der Waals surface area contributed by atoms with Crippen LogP contribution in [0, 0.1) is 0 Å². The molecule has 2 N–H and O–H groups in total. The van der Waals surface area contributed by atoms with Crippen molar-refractivity contribution >= 4 is 0 Å². The van der Waals surface area contributed by atoms with Gasteiger partial charge in [-0.3, -0.25) is 0 Å². The average Bonchev–Trinajstić information content (AvgIpc) is 2.19. The molecule has 0 aromatic heterocycles. The molecule has 0 fully saturated rings. The maximum absolute atomic E-state index is 8.11. The SMILES string of the molecule is CC(O)CO.CCCCCOCCC. The smallest absolute Gasteiger partial charge is 0.0742 e. The lowest BCUT2D eigenvalue weighted by atomic mass is 10.3. The van der Waals surface area contributed by atoms with Crippen LogP contribution >= 0.6 is 0 Å². The van der Waals surface area contributed by atoms with Crippen molar-refractivity contribution < 1.29 is 14.9 Å². The molecule has 14 heavy (non-hydrogen) atoms. The second kappa shape index (κ2) is 15.4. The normalized spacial score (nSPS) is 11.8. The molecule has 0 aliphatic heterocycles. The van der Waals surface area contributed by atoms with Crippen LogP contribution in [-0.4, -0.2) is 36.1 Å². The molecule has 0 spiro atoms. The first-order chi connectivity index (χ1) is 6.68. The van der Waals surface area contributed by atoms with Crippen LogP contribution < -0.4 is 0 Å². The summed E-state index contributed by atoms with van der Waals surface area (Å²) in [6.45, 7) is 7.63. The van der Waals surface area contributed by atoms with Crippen molar-refractivity contribution in [1.29, 1.82) is 0 Å². The quantitative estimate of drug-likeness (QED) is 0.626. The van der Waals surface area contributed by atoms with Gasteiger partial charge in [0.05, 0.1) is 12.7 Å². The van der Waals surface area contributed by atoms with E-state index in [1.165, 1.54) is 26.2 Å². The molecule has 1 unspecified atom stereocenters. The molecule has 0 radical (unpaired) electrons. The highest BCUT2D eigenvalue weighted by Gasteiger charge is 1.84. The highest BCUT2D eigenvalue weighted by Crippen LogP contribution is 1.93. The first kappa shape index (κ1) is 16.3.